The highest BCUT2D eigenvalue weighted by Crippen LogP contribution is 2.48. The molecular weight excluding hydrogens is 324 g/mol. The van der Waals surface area contributed by atoms with E-state index < -0.39 is 0 Å². The molecule has 2 aliphatic heterocycles. The Morgan fingerprint density at radius 2 is 2.25 bits per heavy atom. The molecule has 0 radical (unpaired) electrons. The van der Waals surface area contributed by atoms with E-state index in [4.69, 9.17) is 5.73 Å². The summed E-state index contributed by atoms with van der Waals surface area (Å²) in [6.07, 6.45) is 2.11. The van der Waals surface area contributed by atoms with Crippen LogP contribution in [0.25, 0.3) is 0 Å². The van der Waals surface area contributed by atoms with E-state index in [1.165, 1.54) is 11.3 Å². The van der Waals surface area contributed by atoms with Crippen LogP contribution in [0.15, 0.2) is 23.2 Å². The lowest BCUT2D eigenvalue weighted by molar-refractivity contribution is -0.142. The summed E-state index contributed by atoms with van der Waals surface area (Å²) >= 11 is 1.52. The van der Waals surface area contributed by atoms with Gasteiger partial charge in [0, 0.05) is 49.1 Å². The molecule has 4 rings (SSSR count). The van der Waals surface area contributed by atoms with Crippen LogP contribution in [0.3, 0.4) is 0 Å². The van der Waals surface area contributed by atoms with Crippen LogP contribution in [0.2, 0.25) is 0 Å². The van der Waals surface area contributed by atoms with Gasteiger partial charge >= 0.3 is 0 Å². The maximum absolute atomic E-state index is 12.4. The van der Waals surface area contributed by atoms with Crippen molar-refractivity contribution in [3.63, 3.8) is 0 Å². The molecule has 7 nitrogen and oxygen atoms in total. The second-order valence-corrected chi connectivity index (χ2v) is 7.58. The van der Waals surface area contributed by atoms with Gasteiger partial charge in [-0.1, -0.05) is 0 Å². The average molecular weight is 344 g/mol. The van der Waals surface area contributed by atoms with Crippen molar-refractivity contribution in [3.05, 3.63) is 34.5 Å². The van der Waals surface area contributed by atoms with E-state index in [2.05, 4.69) is 26.9 Å². The molecule has 24 heavy (non-hydrogen) atoms. The molecular formula is C16H20N6OS. The highest BCUT2D eigenvalue weighted by molar-refractivity contribution is 7.07. The number of anilines is 1. The molecule has 1 unspecified atom stereocenters. The molecule has 0 aromatic carbocycles. The number of nitrogens with zero attached hydrogens (tertiary/aromatic N) is 5. The average Bonchev–Trinajstić information content (AvgIpc) is 3.12. The Hall–Kier alpha value is -2.06. The van der Waals surface area contributed by atoms with E-state index in [1.54, 1.807) is 11.7 Å². The minimum absolute atomic E-state index is 0.0767. The zero-order valence-electron chi connectivity index (χ0n) is 13.6. The van der Waals surface area contributed by atoms with Gasteiger partial charge in [-0.05, 0) is 13.1 Å². The minimum atomic E-state index is 0.0767. The highest BCUT2D eigenvalue weighted by atomic mass is 32.1. The first-order valence-corrected chi connectivity index (χ1v) is 8.92. The van der Waals surface area contributed by atoms with Crippen molar-refractivity contribution in [1.29, 1.82) is 0 Å². The smallest absolute Gasteiger partial charge is 0.228 e. The number of hydrogen-bond donors (Lipinski definition) is 1. The Balaban J connectivity index is 1.48. The molecule has 1 spiro atoms. The fraction of sp³-hybridized carbons (Fsp3) is 0.500. The van der Waals surface area contributed by atoms with Crippen LogP contribution in [0, 0.1) is 5.41 Å². The molecule has 2 aromatic heterocycles. The maximum Gasteiger partial charge on any atom is 0.228 e. The fourth-order valence-corrected chi connectivity index (χ4v) is 4.57. The Labute approximate surface area is 144 Å². The van der Waals surface area contributed by atoms with Crippen LogP contribution < -0.4 is 5.73 Å². The first-order valence-electron chi connectivity index (χ1n) is 7.97. The molecule has 2 aliphatic rings. The van der Waals surface area contributed by atoms with Crippen LogP contribution >= 0.6 is 11.3 Å². The predicted molar refractivity (Wildman–Crippen MR) is 91.5 cm³/mol. The van der Waals surface area contributed by atoms with Gasteiger partial charge in [0.25, 0.3) is 0 Å². The van der Waals surface area contributed by atoms with Crippen molar-refractivity contribution in [1.82, 2.24) is 24.8 Å². The third kappa shape index (κ3) is 2.65. The number of rotatable bonds is 3. The number of carbonyl (C=O) groups excluding carboxylic acids is 1. The molecule has 2 N–H and O–H groups in total. The van der Waals surface area contributed by atoms with Crippen molar-refractivity contribution in [2.24, 2.45) is 5.41 Å². The van der Waals surface area contributed by atoms with Crippen molar-refractivity contribution < 1.29 is 4.79 Å². The molecule has 0 aliphatic carbocycles. The molecule has 1 amide bonds. The van der Waals surface area contributed by atoms with E-state index >= 15 is 0 Å². The lowest BCUT2D eigenvalue weighted by atomic mass is 9.70. The van der Waals surface area contributed by atoms with Crippen molar-refractivity contribution in [2.45, 2.75) is 12.3 Å². The van der Waals surface area contributed by atoms with Gasteiger partial charge in [-0.3, -0.25) is 4.79 Å². The summed E-state index contributed by atoms with van der Waals surface area (Å²) in [6.45, 7) is 3.45. The minimum Gasteiger partial charge on any atom is -0.368 e. The Kier molecular flexibility index (Phi) is 3.73. The second kappa shape index (κ2) is 5.78. The number of nitrogen functional groups attached to an aromatic ring is 1. The SMILES string of the molecule is CN1CC(c2ccnc(N)n2)C2(C1)CN(C(=O)Cc1cscn1)C2. The summed E-state index contributed by atoms with van der Waals surface area (Å²) in [5, 5.41) is 1.93. The first kappa shape index (κ1) is 15.5. The van der Waals surface area contributed by atoms with Gasteiger partial charge in [-0.2, -0.15) is 0 Å². The highest BCUT2D eigenvalue weighted by Gasteiger charge is 2.55. The number of carbonyl (C=O) groups is 1. The first-order chi connectivity index (χ1) is 11.6. The summed E-state index contributed by atoms with van der Waals surface area (Å²) in [7, 11) is 2.12. The Morgan fingerprint density at radius 1 is 1.42 bits per heavy atom. The molecule has 0 bridgehead atoms. The summed E-state index contributed by atoms with van der Waals surface area (Å²) < 4.78 is 0. The van der Waals surface area contributed by atoms with Gasteiger partial charge in [0.05, 0.1) is 23.3 Å². The molecule has 0 saturated carbocycles. The van der Waals surface area contributed by atoms with Crippen LogP contribution in [0.4, 0.5) is 5.95 Å². The molecule has 2 aromatic rings. The molecule has 126 valence electrons. The molecule has 4 heterocycles. The number of thiazole rings is 1. The van der Waals surface area contributed by atoms with Gasteiger partial charge < -0.3 is 15.5 Å². The van der Waals surface area contributed by atoms with Gasteiger partial charge in [0.1, 0.15) is 0 Å². The van der Waals surface area contributed by atoms with E-state index in [-0.39, 0.29) is 17.2 Å². The number of aromatic nitrogens is 3. The number of nitrogens with two attached hydrogens (primary N) is 1. The Morgan fingerprint density at radius 3 is 2.96 bits per heavy atom. The van der Waals surface area contributed by atoms with E-state index in [0.717, 1.165) is 37.6 Å². The molecule has 2 saturated heterocycles. The molecule has 8 heteroatoms. The number of likely N-dealkylation sites (N-methyl/N-ethyl adjacent to an activating group) is 1. The van der Waals surface area contributed by atoms with Gasteiger partial charge in [0.15, 0.2) is 0 Å². The predicted octanol–water partition coefficient (Wildman–Crippen LogP) is 0.616. The summed E-state index contributed by atoms with van der Waals surface area (Å²) in [4.78, 5) is 29.3. The zero-order valence-corrected chi connectivity index (χ0v) is 14.4. The summed E-state index contributed by atoms with van der Waals surface area (Å²) in [5.74, 6) is 0.756. The van der Waals surface area contributed by atoms with Crippen molar-refractivity contribution >= 4 is 23.2 Å². The van der Waals surface area contributed by atoms with Crippen LogP contribution in [0.1, 0.15) is 17.3 Å². The van der Waals surface area contributed by atoms with Crippen LogP contribution in [-0.4, -0.2) is 63.9 Å². The van der Waals surface area contributed by atoms with Crippen LogP contribution in [0.5, 0.6) is 0 Å². The lowest BCUT2D eigenvalue weighted by Gasteiger charge is -2.51. The van der Waals surface area contributed by atoms with Crippen molar-refractivity contribution in [3.8, 4) is 0 Å². The summed E-state index contributed by atoms with van der Waals surface area (Å²) in [5.41, 5.74) is 9.44. The third-order valence-electron chi connectivity index (χ3n) is 5.05. The van der Waals surface area contributed by atoms with Crippen molar-refractivity contribution in [2.75, 3.05) is 39.0 Å². The summed E-state index contributed by atoms with van der Waals surface area (Å²) in [6, 6.07) is 1.95. The van der Waals surface area contributed by atoms with Gasteiger partial charge in [-0.25, -0.2) is 15.0 Å². The largest absolute Gasteiger partial charge is 0.368 e. The van der Waals surface area contributed by atoms with Crippen LogP contribution in [-0.2, 0) is 11.2 Å². The zero-order chi connectivity index (χ0) is 16.7. The quantitative estimate of drug-likeness (QED) is 0.878. The topological polar surface area (TPSA) is 88.2 Å². The fourth-order valence-electron chi connectivity index (χ4n) is 4.01. The number of likely N-dealkylation sites (tertiary alicyclic amines) is 2. The molecule has 1 atom stereocenters. The number of hydrogen-bond acceptors (Lipinski definition) is 7. The maximum atomic E-state index is 12.4. The number of amides is 1. The standard InChI is InChI=1S/C16H20N6OS/c1-21-5-12(13-2-3-18-15(17)20-13)16(7-21)8-22(9-16)14(23)4-11-6-24-10-19-11/h2-3,6,10,12H,4-5,7-9H2,1H3,(H2,17,18,20). The van der Waals surface area contributed by atoms with Gasteiger partial charge in [0.2, 0.25) is 11.9 Å². The molecule has 2 fully saturated rings. The van der Waals surface area contributed by atoms with Gasteiger partial charge in [-0.15, -0.1) is 11.3 Å². The second-order valence-electron chi connectivity index (χ2n) is 6.86. The lowest BCUT2D eigenvalue weighted by Crippen LogP contribution is -2.61. The van der Waals surface area contributed by atoms with E-state index in [0.29, 0.717) is 12.4 Å². The Bertz CT molecular complexity index is 743. The van der Waals surface area contributed by atoms with E-state index in [1.807, 2.05) is 16.3 Å². The third-order valence-corrected chi connectivity index (χ3v) is 5.69. The van der Waals surface area contributed by atoms with E-state index in [9.17, 15) is 4.79 Å². The normalized spacial score (nSPS) is 22.7. The monoisotopic (exact) mass is 344 g/mol.